The number of carbonyl (C=O) groups is 2. The van der Waals surface area contributed by atoms with Crippen molar-refractivity contribution in [2.75, 3.05) is 20.3 Å². The molecule has 0 heterocycles. The molecule has 0 aromatic carbocycles. The lowest BCUT2D eigenvalue weighted by Crippen LogP contribution is -2.33. The first-order valence-corrected chi connectivity index (χ1v) is 4.70. The Morgan fingerprint density at radius 1 is 1.33 bits per heavy atom. The number of hydrogen-bond donors (Lipinski definition) is 2. The van der Waals surface area contributed by atoms with Crippen molar-refractivity contribution in [2.24, 2.45) is 11.1 Å². The Morgan fingerprint density at radius 3 is 2.27 bits per heavy atom. The summed E-state index contributed by atoms with van der Waals surface area (Å²) in [7, 11) is 1.48. The van der Waals surface area contributed by atoms with E-state index in [1.54, 1.807) is 0 Å². The molecule has 0 fully saturated rings. The third-order valence-corrected chi connectivity index (χ3v) is 2.17. The van der Waals surface area contributed by atoms with E-state index in [4.69, 9.17) is 15.2 Å². The number of rotatable bonds is 5. The number of amides is 2. The van der Waals surface area contributed by atoms with Crippen LogP contribution in [0.3, 0.4) is 0 Å². The summed E-state index contributed by atoms with van der Waals surface area (Å²) in [6.45, 7) is 4.07. The molecular formula is C9H18N2O4. The van der Waals surface area contributed by atoms with Gasteiger partial charge in [0.1, 0.15) is 13.2 Å². The number of alkyl carbamates (subject to hydrolysis) is 1. The molecule has 3 N–H and O–H groups in total. The van der Waals surface area contributed by atoms with Crippen LogP contribution >= 0.6 is 0 Å². The average molecular weight is 218 g/mol. The van der Waals surface area contributed by atoms with Crippen LogP contribution < -0.4 is 11.1 Å². The smallest absolute Gasteiger partial charge is 0.406 e. The lowest BCUT2D eigenvalue weighted by molar-refractivity contribution is 0.0377. The first-order chi connectivity index (χ1) is 6.93. The number of nitrogens with two attached hydrogens (primary N) is 1. The van der Waals surface area contributed by atoms with Crippen molar-refractivity contribution in [2.45, 2.75) is 20.3 Å². The van der Waals surface area contributed by atoms with Gasteiger partial charge in [-0.2, -0.15) is 0 Å². The molecule has 0 aliphatic heterocycles. The SMILES string of the molecule is CCC(C)(COC(N)=O)COC(=O)NC. The first-order valence-electron chi connectivity index (χ1n) is 4.70. The average Bonchev–Trinajstić information content (AvgIpc) is 2.23. The third-order valence-electron chi connectivity index (χ3n) is 2.17. The highest BCUT2D eigenvalue weighted by molar-refractivity contribution is 5.66. The van der Waals surface area contributed by atoms with Crippen LogP contribution in [-0.4, -0.2) is 32.4 Å². The Labute approximate surface area is 89.1 Å². The molecule has 0 bridgehead atoms. The van der Waals surface area contributed by atoms with Crippen molar-refractivity contribution in [3.05, 3.63) is 0 Å². The summed E-state index contributed by atoms with van der Waals surface area (Å²) in [5.41, 5.74) is 4.45. The Hall–Kier alpha value is -1.46. The van der Waals surface area contributed by atoms with Crippen LogP contribution in [0.25, 0.3) is 0 Å². The summed E-state index contributed by atoms with van der Waals surface area (Å²) in [5.74, 6) is 0. The molecule has 0 saturated heterocycles. The van der Waals surface area contributed by atoms with Gasteiger partial charge in [-0.15, -0.1) is 0 Å². The van der Waals surface area contributed by atoms with E-state index in [-0.39, 0.29) is 13.2 Å². The predicted octanol–water partition coefficient (Wildman–Crippen LogP) is 0.854. The Bertz CT molecular complexity index is 232. The summed E-state index contributed by atoms with van der Waals surface area (Å²) in [6.07, 6.45) is -0.625. The lowest BCUT2D eigenvalue weighted by Gasteiger charge is -2.26. The Kier molecular flexibility index (Phi) is 5.51. The van der Waals surface area contributed by atoms with E-state index in [1.165, 1.54) is 7.05 Å². The Morgan fingerprint density at radius 2 is 1.87 bits per heavy atom. The zero-order valence-corrected chi connectivity index (χ0v) is 9.33. The second-order valence-electron chi connectivity index (χ2n) is 3.60. The minimum Gasteiger partial charge on any atom is -0.449 e. The largest absolute Gasteiger partial charge is 0.449 e. The van der Waals surface area contributed by atoms with Crippen molar-refractivity contribution >= 4 is 12.2 Å². The van der Waals surface area contributed by atoms with Crippen LogP contribution in [0, 0.1) is 5.41 Å². The molecule has 0 aromatic rings. The molecule has 1 unspecified atom stereocenters. The van der Waals surface area contributed by atoms with E-state index in [0.717, 1.165) is 0 Å². The molecule has 0 rings (SSSR count). The highest BCUT2D eigenvalue weighted by atomic mass is 16.6. The summed E-state index contributed by atoms with van der Waals surface area (Å²) < 4.78 is 9.59. The van der Waals surface area contributed by atoms with Gasteiger partial charge in [-0.1, -0.05) is 13.8 Å². The highest BCUT2D eigenvalue weighted by Crippen LogP contribution is 2.21. The van der Waals surface area contributed by atoms with Gasteiger partial charge in [0.15, 0.2) is 0 Å². The highest BCUT2D eigenvalue weighted by Gasteiger charge is 2.25. The molecular weight excluding hydrogens is 200 g/mol. The summed E-state index contributed by atoms with van der Waals surface area (Å²) in [4.78, 5) is 21.3. The number of hydrogen-bond acceptors (Lipinski definition) is 4. The Balaban J connectivity index is 4.06. The lowest BCUT2D eigenvalue weighted by atomic mass is 9.90. The van der Waals surface area contributed by atoms with Crippen molar-refractivity contribution in [3.8, 4) is 0 Å². The van der Waals surface area contributed by atoms with E-state index < -0.39 is 17.6 Å². The van der Waals surface area contributed by atoms with Crippen LogP contribution in [0.15, 0.2) is 0 Å². The summed E-state index contributed by atoms with van der Waals surface area (Å²) >= 11 is 0. The molecule has 0 saturated carbocycles. The molecule has 0 aliphatic rings. The maximum Gasteiger partial charge on any atom is 0.406 e. The molecule has 0 aromatic heterocycles. The second-order valence-corrected chi connectivity index (χ2v) is 3.60. The molecule has 2 amide bonds. The normalized spacial score (nSPS) is 13.8. The molecule has 1 atom stereocenters. The van der Waals surface area contributed by atoms with E-state index >= 15 is 0 Å². The van der Waals surface area contributed by atoms with Crippen molar-refractivity contribution in [3.63, 3.8) is 0 Å². The zero-order chi connectivity index (χ0) is 11.9. The van der Waals surface area contributed by atoms with Gasteiger partial charge < -0.3 is 20.5 Å². The molecule has 15 heavy (non-hydrogen) atoms. The standard InChI is InChI=1S/C9H18N2O4/c1-4-9(2,5-14-7(10)12)6-15-8(13)11-3/h4-6H2,1-3H3,(H2,10,12)(H,11,13). The fourth-order valence-electron chi connectivity index (χ4n) is 0.803. The topological polar surface area (TPSA) is 90.7 Å². The summed E-state index contributed by atoms with van der Waals surface area (Å²) in [6, 6.07) is 0. The van der Waals surface area contributed by atoms with Crippen LogP contribution in [0.1, 0.15) is 20.3 Å². The third kappa shape index (κ3) is 5.77. The van der Waals surface area contributed by atoms with Crippen molar-refractivity contribution < 1.29 is 19.1 Å². The van der Waals surface area contributed by atoms with Crippen LogP contribution in [0.2, 0.25) is 0 Å². The van der Waals surface area contributed by atoms with E-state index in [0.29, 0.717) is 6.42 Å². The van der Waals surface area contributed by atoms with Gasteiger partial charge in [-0.3, -0.25) is 0 Å². The minimum absolute atomic E-state index is 0.135. The quantitative estimate of drug-likeness (QED) is 0.715. The van der Waals surface area contributed by atoms with E-state index in [1.807, 2.05) is 13.8 Å². The maximum atomic E-state index is 10.8. The van der Waals surface area contributed by atoms with Crippen molar-refractivity contribution in [1.29, 1.82) is 0 Å². The molecule has 0 aliphatic carbocycles. The maximum absolute atomic E-state index is 10.8. The minimum atomic E-state index is -0.824. The van der Waals surface area contributed by atoms with Gasteiger partial charge in [-0.05, 0) is 6.42 Å². The van der Waals surface area contributed by atoms with Gasteiger partial charge in [0.05, 0.1) is 0 Å². The van der Waals surface area contributed by atoms with Crippen LogP contribution in [0.5, 0.6) is 0 Å². The fraction of sp³-hybridized carbons (Fsp3) is 0.778. The summed E-state index contributed by atoms with van der Waals surface area (Å²) in [5, 5.41) is 2.33. The molecule has 6 nitrogen and oxygen atoms in total. The van der Waals surface area contributed by atoms with Gasteiger partial charge >= 0.3 is 12.2 Å². The van der Waals surface area contributed by atoms with Gasteiger partial charge in [0.25, 0.3) is 0 Å². The predicted molar refractivity (Wildman–Crippen MR) is 54.3 cm³/mol. The van der Waals surface area contributed by atoms with Crippen molar-refractivity contribution in [1.82, 2.24) is 5.32 Å². The van der Waals surface area contributed by atoms with Gasteiger partial charge in [-0.25, -0.2) is 9.59 Å². The second kappa shape index (κ2) is 6.10. The molecule has 6 heteroatoms. The van der Waals surface area contributed by atoms with Crippen LogP contribution in [0.4, 0.5) is 9.59 Å². The monoisotopic (exact) mass is 218 g/mol. The number of nitrogens with one attached hydrogen (secondary N) is 1. The molecule has 0 spiro atoms. The number of carbonyl (C=O) groups excluding carboxylic acids is 2. The fourth-order valence-corrected chi connectivity index (χ4v) is 0.803. The van der Waals surface area contributed by atoms with Gasteiger partial charge in [0.2, 0.25) is 0 Å². The van der Waals surface area contributed by atoms with E-state index in [9.17, 15) is 9.59 Å². The zero-order valence-electron chi connectivity index (χ0n) is 9.33. The van der Waals surface area contributed by atoms with Gasteiger partial charge in [0, 0.05) is 12.5 Å². The first kappa shape index (κ1) is 13.5. The number of primary amides is 1. The molecule has 0 radical (unpaired) electrons. The van der Waals surface area contributed by atoms with Crippen LogP contribution in [-0.2, 0) is 9.47 Å². The van der Waals surface area contributed by atoms with E-state index in [2.05, 4.69) is 5.32 Å². The molecule has 88 valence electrons. The number of ether oxygens (including phenoxy) is 2.